The molecule has 6 rings (SSSR count). The van der Waals surface area contributed by atoms with Crippen molar-refractivity contribution in [3.8, 4) is 0 Å². The predicted molar refractivity (Wildman–Crippen MR) is 126 cm³/mol. The van der Waals surface area contributed by atoms with Gasteiger partial charge in [-0.3, -0.25) is 9.59 Å². The smallest absolute Gasteiger partial charge is 0.226 e. The Bertz CT molecular complexity index is 895. The average molecular weight is 431 g/mol. The van der Waals surface area contributed by atoms with Gasteiger partial charge in [-0.2, -0.15) is 0 Å². The Hall–Kier alpha value is -2.62. The molecule has 168 valence electrons. The second kappa shape index (κ2) is 8.38. The molecule has 4 aliphatic rings. The summed E-state index contributed by atoms with van der Waals surface area (Å²) in [5.41, 5.74) is 1.30. The zero-order valence-electron chi connectivity index (χ0n) is 19.0. The Balaban J connectivity index is 1.22. The molecule has 2 N–H and O–H groups in total. The normalized spacial score (nSPS) is 28.3. The van der Waals surface area contributed by atoms with E-state index in [0.29, 0.717) is 6.54 Å². The van der Waals surface area contributed by atoms with E-state index in [1.807, 2.05) is 67.6 Å². The fraction of sp³-hybridized carbons (Fsp3) is 0.500. The molecule has 2 amide bonds. The van der Waals surface area contributed by atoms with E-state index in [4.69, 9.17) is 0 Å². The van der Waals surface area contributed by atoms with Gasteiger partial charge >= 0.3 is 0 Å². The first-order chi connectivity index (χ1) is 15.5. The molecule has 2 aromatic carbocycles. The van der Waals surface area contributed by atoms with Gasteiger partial charge in [0, 0.05) is 18.4 Å². The van der Waals surface area contributed by atoms with Gasteiger partial charge in [-0.1, -0.05) is 60.7 Å². The molecule has 0 aliphatic heterocycles. The molecular weight excluding hydrogens is 396 g/mol. The molecule has 0 spiro atoms. The monoisotopic (exact) mass is 430 g/mol. The summed E-state index contributed by atoms with van der Waals surface area (Å²) in [4.78, 5) is 26.1. The third kappa shape index (κ3) is 3.96. The maximum Gasteiger partial charge on any atom is 0.226 e. The van der Waals surface area contributed by atoms with Crippen LogP contribution in [-0.4, -0.2) is 18.4 Å². The Labute approximate surface area is 191 Å². The fourth-order valence-corrected chi connectivity index (χ4v) is 7.06. The van der Waals surface area contributed by atoms with Crippen molar-refractivity contribution in [3.63, 3.8) is 0 Å². The molecule has 4 bridgehead atoms. The van der Waals surface area contributed by atoms with E-state index in [-0.39, 0.29) is 23.7 Å². The third-order valence-corrected chi connectivity index (χ3v) is 8.25. The third-order valence-electron chi connectivity index (χ3n) is 8.25. The lowest BCUT2D eigenvalue weighted by molar-refractivity contribution is -0.146. The van der Waals surface area contributed by atoms with Crippen molar-refractivity contribution in [2.75, 3.05) is 6.54 Å². The standard InChI is InChI=1S/C28H34N2O2/c1-27(23-8-4-2-5-9-23,24-10-6-3-7-11-24)30-25(31)12-13-29-26(32)28-17-20-14-21(18-28)16-22(15-20)19-28/h2-11,20-22H,12-19H2,1H3,(H,29,32)(H,30,31). The maximum absolute atomic E-state index is 13.2. The summed E-state index contributed by atoms with van der Waals surface area (Å²) in [7, 11) is 0. The van der Waals surface area contributed by atoms with E-state index in [9.17, 15) is 9.59 Å². The summed E-state index contributed by atoms with van der Waals surface area (Å²) in [5, 5.41) is 6.38. The van der Waals surface area contributed by atoms with Crippen molar-refractivity contribution in [2.24, 2.45) is 23.2 Å². The molecular formula is C28H34N2O2. The van der Waals surface area contributed by atoms with Gasteiger partial charge < -0.3 is 10.6 Å². The Morgan fingerprint density at radius 2 is 1.31 bits per heavy atom. The summed E-state index contributed by atoms with van der Waals surface area (Å²) in [6.45, 7) is 2.44. The highest BCUT2D eigenvalue weighted by atomic mass is 16.2. The van der Waals surface area contributed by atoms with Crippen LogP contribution in [0.1, 0.15) is 63.0 Å². The minimum Gasteiger partial charge on any atom is -0.355 e. The predicted octanol–water partition coefficient (Wildman–Crippen LogP) is 4.79. The zero-order valence-corrected chi connectivity index (χ0v) is 19.0. The molecule has 0 radical (unpaired) electrons. The van der Waals surface area contributed by atoms with Crippen LogP contribution in [0.3, 0.4) is 0 Å². The van der Waals surface area contributed by atoms with E-state index < -0.39 is 5.54 Å². The van der Waals surface area contributed by atoms with E-state index >= 15 is 0 Å². The number of hydrogen-bond acceptors (Lipinski definition) is 2. The molecule has 4 heteroatoms. The van der Waals surface area contributed by atoms with Crippen LogP contribution in [0, 0.1) is 23.2 Å². The average Bonchev–Trinajstić information content (AvgIpc) is 2.79. The number of amides is 2. The highest BCUT2D eigenvalue weighted by Gasteiger charge is 2.54. The van der Waals surface area contributed by atoms with Gasteiger partial charge in [0.15, 0.2) is 0 Å². The number of hydrogen-bond donors (Lipinski definition) is 2. The molecule has 0 heterocycles. The van der Waals surface area contributed by atoms with E-state index in [1.54, 1.807) is 0 Å². The minimum atomic E-state index is -0.621. The lowest BCUT2D eigenvalue weighted by atomic mass is 9.49. The second-order valence-corrected chi connectivity index (χ2v) is 10.6. The molecule has 4 fully saturated rings. The van der Waals surface area contributed by atoms with Gasteiger partial charge in [-0.25, -0.2) is 0 Å². The number of carbonyl (C=O) groups is 2. The van der Waals surface area contributed by atoms with E-state index in [2.05, 4.69) is 10.6 Å². The van der Waals surface area contributed by atoms with Crippen molar-refractivity contribution in [3.05, 3.63) is 71.8 Å². The van der Waals surface area contributed by atoms with Gasteiger partial charge in [0.1, 0.15) is 0 Å². The van der Waals surface area contributed by atoms with Crippen molar-refractivity contribution < 1.29 is 9.59 Å². The van der Waals surface area contributed by atoms with E-state index in [1.165, 1.54) is 19.3 Å². The molecule has 0 saturated heterocycles. The molecule has 0 aromatic heterocycles. The summed E-state index contributed by atoms with van der Waals surface area (Å²) in [6, 6.07) is 20.1. The number of benzene rings is 2. The minimum absolute atomic E-state index is 0.0500. The van der Waals surface area contributed by atoms with Gasteiger partial charge in [0.05, 0.1) is 5.54 Å². The Morgan fingerprint density at radius 1 is 0.844 bits per heavy atom. The number of rotatable bonds is 7. The largest absolute Gasteiger partial charge is 0.355 e. The molecule has 4 saturated carbocycles. The van der Waals surface area contributed by atoms with Crippen LogP contribution in [0.2, 0.25) is 0 Å². The zero-order chi connectivity index (χ0) is 22.2. The topological polar surface area (TPSA) is 58.2 Å². The van der Waals surface area contributed by atoms with Crippen LogP contribution in [0.15, 0.2) is 60.7 Å². The molecule has 32 heavy (non-hydrogen) atoms. The quantitative estimate of drug-likeness (QED) is 0.664. The highest BCUT2D eigenvalue weighted by molar-refractivity contribution is 5.84. The van der Waals surface area contributed by atoms with E-state index in [0.717, 1.165) is 48.1 Å². The first-order valence-corrected chi connectivity index (χ1v) is 12.2. The number of carbonyl (C=O) groups excluding carboxylic acids is 2. The van der Waals surface area contributed by atoms with Crippen LogP contribution in [0.4, 0.5) is 0 Å². The van der Waals surface area contributed by atoms with Crippen molar-refractivity contribution in [1.29, 1.82) is 0 Å². The van der Waals surface area contributed by atoms with Crippen LogP contribution < -0.4 is 10.6 Å². The van der Waals surface area contributed by atoms with Crippen LogP contribution >= 0.6 is 0 Å². The first-order valence-electron chi connectivity index (χ1n) is 12.2. The van der Waals surface area contributed by atoms with Crippen molar-refractivity contribution >= 4 is 11.8 Å². The van der Waals surface area contributed by atoms with Crippen LogP contribution in [0.5, 0.6) is 0 Å². The Kier molecular flexibility index (Phi) is 5.56. The lowest BCUT2D eigenvalue weighted by Gasteiger charge is -2.55. The fourth-order valence-electron chi connectivity index (χ4n) is 7.06. The van der Waals surface area contributed by atoms with Crippen molar-refractivity contribution in [2.45, 2.75) is 57.4 Å². The van der Waals surface area contributed by atoms with Gasteiger partial charge in [-0.05, 0) is 74.3 Å². The molecule has 0 unspecified atom stereocenters. The summed E-state index contributed by atoms with van der Waals surface area (Å²) in [6.07, 6.45) is 7.42. The molecule has 2 aromatic rings. The van der Waals surface area contributed by atoms with Crippen molar-refractivity contribution in [1.82, 2.24) is 10.6 Å². The van der Waals surface area contributed by atoms with Crippen LogP contribution in [0.25, 0.3) is 0 Å². The maximum atomic E-state index is 13.2. The summed E-state index contributed by atoms with van der Waals surface area (Å²) < 4.78 is 0. The lowest BCUT2D eigenvalue weighted by Crippen LogP contribution is -2.54. The summed E-state index contributed by atoms with van der Waals surface area (Å²) in [5.74, 6) is 2.37. The summed E-state index contributed by atoms with van der Waals surface area (Å²) >= 11 is 0. The first kappa shape index (κ1) is 21.2. The Morgan fingerprint density at radius 3 is 1.78 bits per heavy atom. The van der Waals surface area contributed by atoms with Gasteiger partial charge in [0.2, 0.25) is 11.8 Å². The molecule has 4 nitrogen and oxygen atoms in total. The van der Waals surface area contributed by atoms with Gasteiger partial charge in [0.25, 0.3) is 0 Å². The second-order valence-electron chi connectivity index (χ2n) is 10.6. The number of nitrogens with one attached hydrogen (secondary N) is 2. The molecule has 4 aliphatic carbocycles. The SMILES string of the molecule is CC(NC(=O)CCNC(=O)C12CC3CC(CC(C3)C1)C2)(c1ccccc1)c1ccccc1. The highest BCUT2D eigenvalue weighted by Crippen LogP contribution is 2.60. The van der Waals surface area contributed by atoms with Gasteiger partial charge in [-0.15, -0.1) is 0 Å². The molecule has 0 atom stereocenters. The van der Waals surface area contributed by atoms with Crippen LogP contribution in [-0.2, 0) is 15.1 Å².